The number of likely N-dealkylation sites (tertiary alicyclic amines) is 1. The first-order valence-corrected chi connectivity index (χ1v) is 11.4. The Morgan fingerprint density at radius 3 is 2.26 bits per heavy atom. The summed E-state index contributed by atoms with van der Waals surface area (Å²) in [7, 11) is -2.26. The molecule has 0 bridgehead atoms. The number of alkyl halides is 3. The molecular formula is C22H21F3N2O6S. The van der Waals surface area contributed by atoms with Crippen LogP contribution in [0.3, 0.4) is 0 Å². The maximum absolute atomic E-state index is 13.0. The Kier molecular flexibility index (Phi) is 7.32. The normalized spacial score (nSPS) is 16.3. The van der Waals surface area contributed by atoms with Crippen LogP contribution in [0.1, 0.15) is 12.0 Å². The van der Waals surface area contributed by atoms with Crippen LogP contribution in [0, 0.1) is 0 Å². The molecule has 0 aliphatic carbocycles. The zero-order chi connectivity index (χ0) is 25.1. The fourth-order valence-electron chi connectivity index (χ4n) is 3.51. The summed E-state index contributed by atoms with van der Waals surface area (Å²) >= 11 is 0. The molecule has 8 nitrogen and oxygen atoms in total. The van der Waals surface area contributed by atoms with Crippen molar-refractivity contribution in [2.75, 3.05) is 13.7 Å². The van der Waals surface area contributed by atoms with Gasteiger partial charge in [0.2, 0.25) is 0 Å². The number of rotatable bonds is 5. The van der Waals surface area contributed by atoms with E-state index in [9.17, 15) is 26.4 Å². The lowest BCUT2D eigenvalue weighted by atomic mass is 10.0. The molecule has 1 saturated heterocycles. The van der Waals surface area contributed by atoms with Crippen LogP contribution in [0.25, 0.3) is 10.9 Å². The molecule has 1 aliphatic heterocycles. The van der Waals surface area contributed by atoms with Gasteiger partial charge in [0.1, 0.15) is 6.04 Å². The van der Waals surface area contributed by atoms with E-state index >= 15 is 0 Å². The number of carboxylic acid groups (broad SMARTS) is 1. The van der Waals surface area contributed by atoms with Gasteiger partial charge in [-0.1, -0.05) is 30.3 Å². The topological polar surface area (TPSA) is 106 Å². The predicted molar refractivity (Wildman–Crippen MR) is 115 cm³/mol. The van der Waals surface area contributed by atoms with Crippen molar-refractivity contribution < 1.29 is 41.0 Å². The number of hydrogen-bond acceptors (Lipinski definition) is 6. The minimum absolute atomic E-state index is 0.222. The second-order valence-corrected chi connectivity index (χ2v) is 9.20. The van der Waals surface area contributed by atoms with Crippen molar-refractivity contribution in [1.82, 2.24) is 8.87 Å². The summed E-state index contributed by atoms with van der Waals surface area (Å²) in [4.78, 5) is 23.0. The monoisotopic (exact) mass is 498 g/mol. The van der Waals surface area contributed by atoms with E-state index in [-0.39, 0.29) is 16.9 Å². The zero-order valence-corrected chi connectivity index (χ0v) is 18.7. The van der Waals surface area contributed by atoms with Crippen molar-refractivity contribution in [2.45, 2.75) is 30.1 Å². The first-order valence-electron chi connectivity index (χ1n) is 9.98. The Hall–Kier alpha value is -3.38. The molecule has 0 amide bonds. The van der Waals surface area contributed by atoms with Gasteiger partial charge in [-0.25, -0.2) is 17.2 Å². The second kappa shape index (κ2) is 9.85. The smallest absolute Gasteiger partial charge is 0.475 e. The standard InChI is InChI=1S/C20H20N2O4S.C2HF3O2/c1-26-20(23)19-11-12-21(19)14-15-6-5-9-18-17(15)10-13-22(18)27(24,25)16-7-3-2-4-8-16;3-2(4,5)1(6)7/h2-10,13,19H,11-12,14H2,1H3;(H,6,7)/t19-;/m0./s1. The summed E-state index contributed by atoms with van der Waals surface area (Å²) in [5.74, 6) is -2.98. The van der Waals surface area contributed by atoms with Gasteiger partial charge in [-0.2, -0.15) is 13.2 Å². The Bertz CT molecular complexity index is 1290. The van der Waals surface area contributed by atoms with Gasteiger partial charge in [0.15, 0.2) is 0 Å². The summed E-state index contributed by atoms with van der Waals surface area (Å²) < 4.78 is 63.9. The number of ether oxygens (including phenoxy) is 1. The highest BCUT2D eigenvalue weighted by Crippen LogP contribution is 2.28. The molecule has 182 valence electrons. The zero-order valence-electron chi connectivity index (χ0n) is 17.9. The molecule has 1 fully saturated rings. The molecular weight excluding hydrogens is 477 g/mol. The molecule has 3 aromatic rings. The lowest BCUT2D eigenvalue weighted by Crippen LogP contribution is -2.52. The highest BCUT2D eigenvalue weighted by Gasteiger charge is 2.38. The van der Waals surface area contributed by atoms with Crippen molar-refractivity contribution in [2.24, 2.45) is 0 Å². The minimum Gasteiger partial charge on any atom is -0.475 e. The second-order valence-electron chi connectivity index (χ2n) is 7.38. The third kappa shape index (κ3) is 5.23. The molecule has 0 radical (unpaired) electrons. The average Bonchev–Trinajstić information content (AvgIpc) is 3.22. The first-order chi connectivity index (χ1) is 16.0. The number of nitrogens with zero attached hydrogens (tertiary/aromatic N) is 2. The van der Waals surface area contributed by atoms with Crippen molar-refractivity contribution in [3.8, 4) is 0 Å². The van der Waals surface area contributed by atoms with Crippen molar-refractivity contribution in [1.29, 1.82) is 0 Å². The quantitative estimate of drug-likeness (QED) is 0.539. The molecule has 12 heteroatoms. The minimum atomic E-state index is -5.08. The number of carbonyl (C=O) groups excluding carboxylic acids is 1. The third-order valence-corrected chi connectivity index (χ3v) is 7.01. The van der Waals surface area contributed by atoms with Gasteiger partial charge in [0, 0.05) is 24.7 Å². The molecule has 34 heavy (non-hydrogen) atoms. The summed E-state index contributed by atoms with van der Waals surface area (Å²) in [5, 5.41) is 7.99. The fraction of sp³-hybridized carbons (Fsp3) is 0.273. The summed E-state index contributed by atoms with van der Waals surface area (Å²) in [6, 6.07) is 15.6. The Morgan fingerprint density at radius 1 is 1.09 bits per heavy atom. The van der Waals surface area contributed by atoms with E-state index in [0.717, 1.165) is 23.9 Å². The fourth-order valence-corrected chi connectivity index (χ4v) is 4.88. The van der Waals surface area contributed by atoms with Crippen molar-refractivity contribution in [3.05, 3.63) is 66.4 Å². The number of halogens is 3. The van der Waals surface area contributed by atoms with E-state index in [2.05, 4.69) is 0 Å². The van der Waals surface area contributed by atoms with E-state index in [1.807, 2.05) is 23.1 Å². The van der Waals surface area contributed by atoms with Gasteiger partial charge >= 0.3 is 18.1 Å². The molecule has 1 aromatic heterocycles. The SMILES string of the molecule is COC(=O)[C@@H]1CCN1Cc1cccc2c1ccn2S(=O)(=O)c1ccccc1.O=C(O)C(F)(F)F. The van der Waals surface area contributed by atoms with Crippen LogP contribution in [0.2, 0.25) is 0 Å². The predicted octanol–water partition coefficient (Wildman–Crippen LogP) is 3.26. The van der Waals surface area contributed by atoms with E-state index in [1.165, 1.54) is 11.1 Å². The molecule has 1 N–H and O–H groups in total. The van der Waals surface area contributed by atoms with E-state index in [1.54, 1.807) is 42.6 Å². The number of fused-ring (bicyclic) bond motifs is 1. The lowest BCUT2D eigenvalue weighted by Gasteiger charge is -2.38. The number of carbonyl (C=O) groups is 2. The van der Waals surface area contributed by atoms with Crippen molar-refractivity contribution >= 4 is 32.9 Å². The van der Waals surface area contributed by atoms with Gasteiger partial charge < -0.3 is 9.84 Å². The molecule has 4 rings (SSSR count). The van der Waals surface area contributed by atoms with Gasteiger partial charge in [-0.3, -0.25) is 9.69 Å². The molecule has 0 spiro atoms. The maximum atomic E-state index is 13.0. The van der Waals surface area contributed by atoms with E-state index in [4.69, 9.17) is 14.6 Å². The van der Waals surface area contributed by atoms with Gasteiger partial charge in [-0.15, -0.1) is 0 Å². The van der Waals surface area contributed by atoms with E-state index in [0.29, 0.717) is 12.1 Å². The maximum Gasteiger partial charge on any atom is 0.490 e. The average molecular weight is 498 g/mol. The number of hydrogen-bond donors (Lipinski definition) is 1. The van der Waals surface area contributed by atoms with Crippen molar-refractivity contribution in [3.63, 3.8) is 0 Å². The first kappa shape index (κ1) is 25.2. The Balaban J connectivity index is 0.000000406. The Morgan fingerprint density at radius 2 is 1.74 bits per heavy atom. The Labute approximate surface area is 193 Å². The van der Waals surface area contributed by atoms with Crippen LogP contribution in [0.15, 0.2) is 65.7 Å². The van der Waals surface area contributed by atoms with Crippen LogP contribution in [0.5, 0.6) is 0 Å². The van der Waals surface area contributed by atoms with Crippen LogP contribution in [-0.4, -0.2) is 60.2 Å². The third-order valence-electron chi connectivity index (χ3n) is 5.31. The highest BCUT2D eigenvalue weighted by molar-refractivity contribution is 7.90. The molecule has 1 aliphatic rings. The molecule has 0 saturated carbocycles. The molecule has 0 unspecified atom stereocenters. The largest absolute Gasteiger partial charge is 0.490 e. The number of carboxylic acids is 1. The summed E-state index contributed by atoms with van der Waals surface area (Å²) in [6.07, 6.45) is -2.71. The molecule has 1 atom stereocenters. The number of methoxy groups -OCH3 is 1. The van der Waals surface area contributed by atoms with Gasteiger partial charge in [-0.05, 0) is 36.2 Å². The number of aromatic nitrogens is 1. The number of benzene rings is 2. The van der Waals surface area contributed by atoms with Crippen LogP contribution < -0.4 is 0 Å². The van der Waals surface area contributed by atoms with Crippen LogP contribution in [-0.2, 0) is 30.9 Å². The molecule has 2 aromatic carbocycles. The summed E-state index contributed by atoms with van der Waals surface area (Å²) in [5.41, 5.74) is 1.62. The highest BCUT2D eigenvalue weighted by atomic mass is 32.2. The molecule has 2 heterocycles. The van der Waals surface area contributed by atoms with E-state index < -0.39 is 22.2 Å². The number of esters is 1. The van der Waals surface area contributed by atoms with Crippen LogP contribution >= 0.6 is 0 Å². The number of aliphatic carboxylic acids is 1. The van der Waals surface area contributed by atoms with Gasteiger partial charge in [0.25, 0.3) is 10.0 Å². The summed E-state index contributed by atoms with van der Waals surface area (Å²) in [6.45, 7) is 1.39. The van der Waals surface area contributed by atoms with Gasteiger partial charge in [0.05, 0.1) is 17.5 Å². The lowest BCUT2D eigenvalue weighted by molar-refractivity contribution is -0.192. The van der Waals surface area contributed by atoms with Crippen LogP contribution in [0.4, 0.5) is 13.2 Å².